The molecule has 4 rings (SSSR count). The Morgan fingerprint density at radius 2 is 1.79 bits per heavy atom. The molecule has 0 saturated heterocycles. The van der Waals surface area contributed by atoms with Crippen LogP contribution in [0.1, 0.15) is 32.5 Å². The lowest BCUT2D eigenvalue weighted by Crippen LogP contribution is -2.26. The van der Waals surface area contributed by atoms with E-state index in [0.29, 0.717) is 23.9 Å². The fourth-order valence-electron chi connectivity index (χ4n) is 3.40. The first-order valence-corrected chi connectivity index (χ1v) is 9.80. The molecule has 1 heterocycles. The van der Waals surface area contributed by atoms with Crippen molar-refractivity contribution in [2.75, 3.05) is 13.2 Å². The molecule has 1 N–H and O–H groups in total. The van der Waals surface area contributed by atoms with Crippen molar-refractivity contribution in [2.45, 2.75) is 5.92 Å². The Bertz CT molecular complexity index is 996. The third-order valence-corrected chi connectivity index (χ3v) is 5.43. The highest BCUT2D eigenvalue weighted by Gasteiger charge is 2.28. The zero-order valence-electron chi connectivity index (χ0n) is 15.0. The molecule has 2 aromatic carbocycles. The van der Waals surface area contributed by atoms with E-state index in [1.807, 2.05) is 24.3 Å². The standard InChI is InChI=1S/C22H18N2O3S/c25-12-21-24-15(14-28-21)6-5-11-23-22(26)27-13-20-18-9-3-1-7-16(18)17-8-2-4-10-19(17)20/h1-10,12,14,20H,11,13H2,(H,23,26). The highest BCUT2D eigenvalue weighted by Crippen LogP contribution is 2.44. The SMILES string of the molecule is O=Cc1nc(C=CCNC(=O)OCC2c3ccccc3-c3ccccc32)cs1. The number of aldehydes is 1. The van der Waals surface area contributed by atoms with Gasteiger partial charge in [0.25, 0.3) is 0 Å². The van der Waals surface area contributed by atoms with Gasteiger partial charge in [-0.25, -0.2) is 9.78 Å². The summed E-state index contributed by atoms with van der Waals surface area (Å²) in [6, 6.07) is 16.5. The second-order valence-electron chi connectivity index (χ2n) is 6.34. The summed E-state index contributed by atoms with van der Waals surface area (Å²) in [7, 11) is 0. The molecule has 0 fully saturated rings. The molecule has 1 aliphatic rings. The van der Waals surface area contributed by atoms with Gasteiger partial charge in [-0.1, -0.05) is 54.6 Å². The molecule has 0 unspecified atom stereocenters. The molecule has 0 saturated carbocycles. The average Bonchev–Trinajstić information content (AvgIpc) is 3.32. The van der Waals surface area contributed by atoms with Crippen molar-refractivity contribution in [1.29, 1.82) is 0 Å². The number of hydrogen-bond acceptors (Lipinski definition) is 5. The minimum absolute atomic E-state index is 0.0467. The van der Waals surface area contributed by atoms with Crippen molar-refractivity contribution >= 4 is 29.8 Å². The number of fused-ring (bicyclic) bond motifs is 3. The Morgan fingerprint density at radius 1 is 1.11 bits per heavy atom. The number of nitrogens with one attached hydrogen (secondary N) is 1. The van der Waals surface area contributed by atoms with E-state index >= 15 is 0 Å². The number of hydrogen-bond donors (Lipinski definition) is 1. The van der Waals surface area contributed by atoms with Crippen LogP contribution in [-0.2, 0) is 4.74 Å². The van der Waals surface area contributed by atoms with Crippen LogP contribution in [0.3, 0.4) is 0 Å². The molecule has 0 radical (unpaired) electrons. The molecule has 6 heteroatoms. The molecule has 1 amide bonds. The highest BCUT2D eigenvalue weighted by molar-refractivity contribution is 7.11. The molecular formula is C22H18N2O3S. The van der Waals surface area contributed by atoms with Crippen LogP contribution in [0, 0.1) is 0 Å². The van der Waals surface area contributed by atoms with Crippen LogP contribution in [0.4, 0.5) is 4.79 Å². The van der Waals surface area contributed by atoms with Crippen molar-refractivity contribution in [3.63, 3.8) is 0 Å². The Hall–Kier alpha value is -3.25. The highest BCUT2D eigenvalue weighted by atomic mass is 32.1. The van der Waals surface area contributed by atoms with Gasteiger partial charge in [-0.15, -0.1) is 11.3 Å². The first-order valence-electron chi connectivity index (χ1n) is 8.92. The summed E-state index contributed by atoms with van der Waals surface area (Å²) >= 11 is 1.28. The van der Waals surface area contributed by atoms with Gasteiger partial charge in [-0.2, -0.15) is 0 Å². The predicted octanol–water partition coefficient (Wildman–Crippen LogP) is 4.51. The molecule has 0 atom stereocenters. The Kier molecular flexibility index (Phi) is 5.30. The maximum absolute atomic E-state index is 12.1. The van der Waals surface area contributed by atoms with Crippen LogP contribution < -0.4 is 5.32 Å². The van der Waals surface area contributed by atoms with Gasteiger partial charge in [0.2, 0.25) is 0 Å². The van der Waals surface area contributed by atoms with Crippen LogP contribution in [0.15, 0.2) is 60.0 Å². The monoisotopic (exact) mass is 390 g/mol. The van der Waals surface area contributed by atoms with Gasteiger partial charge >= 0.3 is 6.09 Å². The molecule has 140 valence electrons. The Balaban J connectivity index is 1.33. The van der Waals surface area contributed by atoms with Crippen molar-refractivity contribution in [3.8, 4) is 11.1 Å². The maximum Gasteiger partial charge on any atom is 0.407 e. The summed E-state index contributed by atoms with van der Waals surface area (Å²) in [5, 5.41) is 4.92. The minimum atomic E-state index is -0.460. The normalized spacial score (nSPS) is 12.6. The van der Waals surface area contributed by atoms with Crippen LogP contribution in [0.25, 0.3) is 17.2 Å². The summed E-state index contributed by atoms with van der Waals surface area (Å²) in [4.78, 5) is 26.8. The maximum atomic E-state index is 12.1. The van der Waals surface area contributed by atoms with Gasteiger partial charge in [-0.05, 0) is 28.3 Å². The number of benzene rings is 2. The van der Waals surface area contributed by atoms with E-state index in [4.69, 9.17) is 4.74 Å². The first kappa shape index (κ1) is 18.1. The van der Waals surface area contributed by atoms with Gasteiger partial charge in [0, 0.05) is 17.8 Å². The van der Waals surface area contributed by atoms with Gasteiger partial charge in [-0.3, -0.25) is 4.79 Å². The summed E-state index contributed by atoms with van der Waals surface area (Å²) in [6.45, 7) is 0.614. The number of ether oxygens (including phenoxy) is 1. The van der Waals surface area contributed by atoms with Gasteiger partial charge in [0.15, 0.2) is 11.3 Å². The Morgan fingerprint density at radius 3 is 2.43 bits per heavy atom. The van der Waals surface area contributed by atoms with E-state index in [2.05, 4.69) is 34.6 Å². The smallest absolute Gasteiger partial charge is 0.407 e. The number of carbonyl (C=O) groups is 2. The molecule has 0 spiro atoms. The molecule has 5 nitrogen and oxygen atoms in total. The van der Waals surface area contributed by atoms with Crippen molar-refractivity contribution in [1.82, 2.24) is 10.3 Å². The number of nitrogens with zero attached hydrogens (tertiary/aromatic N) is 1. The molecule has 0 aliphatic heterocycles. The molecule has 1 aromatic heterocycles. The number of thiazole rings is 1. The minimum Gasteiger partial charge on any atom is -0.449 e. The molecular weight excluding hydrogens is 372 g/mol. The molecule has 3 aromatic rings. The van der Waals surface area contributed by atoms with Crippen molar-refractivity contribution < 1.29 is 14.3 Å². The summed E-state index contributed by atoms with van der Waals surface area (Å²) in [5.74, 6) is 0.0467. The predicted molar refractivity (Wildman–Crippen MR) is 110 cm³/mol. The number of alkyl carbamates (subject to hydrolysis) is 1. The quantitative estimate of drug-likeness (QED) is 0.629. The van der Waals surface area contributed by atoms with Gasteiger partial charge in [0.05, 0.1) is 5.69 Å². The van der Waals surface area contributed by atoms with E-state index in [9.17, 15) is 9.59 Å². The van der Waals surface area contributed by atoms with Crippen LogP contribution >= 0.6 is 11.3 Å². The van der Waals surface area contributed by atoms with Gasteiger partial charge < -0.3 is 10.1 Å². The van der Waals surface area contributed by atoms with Crippen LogP contribution in [0.2, 0.25) is 0 Å². The first-order chi connectivity index (χ1) is 13.8. The molecule has 0 bridgehead atoms. The lowest BCUT2D eigenvalue weighted by Gasteiger charge is -2.14. The number of amides is 1. The van der Waals surface area contributed by atoms with E-state index in [1.165, 1.54) is 33.6 Å². The number of carbonyl (C=O) groups excluding carboxylic acids is 2. The third-order valence-electron chi connectivity index (χ3n) is 4.64. The third kappa shape index (κ3) is 3.73. The number of aromatic nitrogens is 1. The largest absolute Gasteiger partial charge is 0.449 e. The van der Waals surface area contributed by atoms with E-state index < -0.39 is 6.09 Å². The topological polar surface area (TPSA) is 68.3 Å². The molecule has 28 heavy (non-hydrogen) atoms. The lowest BCUT2D eigenvalue weighted by atomic mass is 9.98. The summed E-state index contributed by atoms with van der Waals surface area (Å²) in [5.41, 5.74) is 5.47. The number of rotatable bonds is 6. The second-order valence-corrected chi connectivity index (χ2v) is 7.23. The average molecular weight is 390 g/mol. The Labute approximate surface area is 166 Å². The fourth-order valence-corrected chi connectivity index (χ4v) is 3.99. The summed E-state index contributed by atoms with van der Waals surface area (Å²) < 4.78 is 5.47. The van der Waals surface area contributed by atoms with Crippen molar-refractivity contribution in [3.05, 3.63) is 81.8 Å². The van der Waals surface area contributed by atoms with Crippen LogP contribution in [-0.4, -0.2) is 30.5 Å². The van der Waals surface area contributed by atoms with E-state index in [0.717, 1.165) is 6.29 Å². The fraction of sp³-hybridized carbons (Fsp3) is 0.136. The van der Waals surface area contributed by atoms with Gasteiger partial charge in [0.1, 0.15) is 6.61 Å². The second kappa shape index (κ2) is 8.19. The van der Waals surface area contributed by atoms with E-state index in [-0.39, 0.29) is 5.92 Å². The van der Waals surface area contributed by atoms with Crippen LogP contribution in [0.5, 0.6) is 0 Å². The zero-order valence-corrected chi connectivity index (χ0v) is 15.8. The summed E-state index contributed by atoms with van der Waals surface area (Å²) in [6.07, 6.45) is 3.79. The zero-order chi connectivity index (χ0) is 19.3. The van der Waals surface area contributed by atoms with Crippen molar-refractivity contribution in [2.24, 2.45) is 0 Å². The molecule has 1 aliphatic carbocycles. The lowest BCUT2D eigenvalue weighted by molar-refractivity contribution is 0.112. The van der Waals surface area contributed by atoms with E-state index in [1.54, 1.807) is 17.5 Å².